The van der Waals surface area contributed by atoms with Gasteiger partial charge in [0.05, 0.1) is 30.2 Å². The van der Waals surface area contributed by atoms with Crippen LogP contribution in [-0.2, 0) is 17.8 Å². The summed E-state index contributed by atoms with van der Waals surface area (Å²) in [6.07, 6.45) is 0.648. The summed E-state index contributed by atoms with van der Waals surface area (Å²) in [6.45, 7) is 4.78. The molecular formula is C12H16N2O3. The summed E-state index contributed by atoms with van der Waals surface area (Å²) in [6, 6.07) is 0. The summed E-state index contributed by atoms with van der Waals surface area (Å²) in [5.41, 5.74) is 8.46. The smallest absolute Gasteiger partial charge is 0.338 e. The molecule has 1 aromatic rings. The van der Waals surface area contributed by atoms with Crippen molar-refractivity contribution in [1.82, 2.24) is 4.98 Å². The molecule has 0 fully saturated rings. The van der Waals surface area contributed by atoms with E-state index >= 15 is 0 Å². The van der Waals surface area contributed by atoms with Crippen LogP contribution in [0.4, 0.5) is 5.69 Å². The molecule has 0 bridgehead atoms. The van der Waals surface area contributed by atoms with E-state index in [0.717, 1.165) is 5.69 Å². The van der Waals surface area contributed by atoms with Gasteiger partial charge in [0.1, 0.15) is 0 Å². The van der Waals surface area contributed by atoms with Crippen LogP contribution in [0.2, 0.25) is 0 Å². The lowest BCUT2D eigenvalue weighted by molar-refractivity contribution is 0.0682. The first kappa shape index (κ1) is 11.9. The van der Waals surface area contributed by atoms with Crippen LogP contribution >= 0.6 is 0 Å². The fraction of sp³-hybridized carbons (Fsp3) is 0.500. The molecule has 0 amide bonds. The van der Waals surface area contributed by atoms with Crippen LogP contribution in [0.1, 0.15) is 47.1 Å². The Kier molecular flexibility index (Phi) is 3.02. The highest BCUT2D eigenvalue weighted by molar-refractivity contribution is 5.96. The highest BCUT2D eigenvalue weighted by Gasteiger charge is 2.25. The summed E-state index contributed by atoms with van der Waals surface area (Å²) >= 11 is 0. The number of anilines is 1. The molecule has 0 aliphatic carbocycles. The molecule has 3 N–H and O–H groups in total. The second kappa shape index (κ2) is 4.33. The molecule has 5 nitrogen and oxygen atoms in total. The monoisotopic (exact) mass is 236 g/mol. The average molecular weight is 236 g/mol. The predicted molar refractivity (Wildman–Crippen MR) is 63.1 cm³/mol. The highest BCUT2D eigenvalue weighted by Crippen LogP contribution is 2.30. The fourth-order valence-electron chi connectivity index (χ4n) is 2.10. The summed E-state index contributed by atoms with van der Waals surface area (Å²) in [5.74, 6) is -0.894. The predicted octanol–water partition coefficient (Wildman–Crippen LogP) is 1.56. The number of hydrogen-bond donors (Lipinski definition) is 2. The van der Waals surface area contributed by atoms with Gasteiger partial charge in [-0.25, -0.2) is 4.79 Å². The zero-order chi connectivity index (χ0) is 12.6. The van der Waals surface area contributed by atoms with Gasteiger partial charge in [0, 0.05) is 17.7 Å². The van der Waals surface area contributed by atoms with Crippen molar-refractivity contribution in [2.45, 2.75) is 32.8 Å². The summed E-state index contributed by atoms with van der Waals surface area (Å²) < 4.78 is 5.28. The number of hydrogen-bond acceptors (Lipinski definition) is 4. The van der Waals surface area contributed by atoms with Crippen molar-refractivity contribution < 1.29 is 14.6 Å². The summed E-state index contributed by atoms with van der Waals surface area (Å²) in [7, 11) is 0. The summed E-state index contributed by atoms with van der Waals surface area (Å²) in [5, 5.41) is 9.26. The van der Waals surface area contributed by atoms with Gasteiger partial charge in [-0.15, -0.1) is 0 Å². The number of nitrogens with zero attached hydrogens (tertiary/aromatic N) is 1. The molecule has 0 aromatic carbocycles. The molecule has 2 rings (SSSR count). The van der Waals surface area contributed by atoms with E-state index in [1.54, 1.807) is 0 Å². The fourth-order valence-corrected chi connectivity index (χ4v) is 2.10. The first-order valence-corrected chi connectivity index (χ1v) is 5.64. The third-order valence-electron chi connectivity index (χ3n) is 2.94. The number of nitrogens with two attached hydrogens (primary N) is 1. The van der Waals surface area contributed by atoms with Crippen molar-refractivity contribution in [2.24, 2.45) is 0 Å². The number of fused-ring (bicyclic) bond motifs is 1. The largest absolute Gasteiger partial charge is 0.478 e. The minimum absolute atomic E-state index is 0.112. The SMILES string of the molecule is CC(C)c1nc2c(c(C(=O)O)c1N)COCC2. The normalized spacial score (nSPS) is 14.8. The van der Waals surface area contributed by atoms with Crippen LogP contribution < -0.4 is 5.73 Å². The van der Waals surface area contributed by atoms with Gasteiger partial charge < -0.3 is 15.6 Å². The molecule has 0 saturated heterocycles. The van der Waals surface area contributed by atoms with Gasteiger partial charge in [-0.3, -0.25) is 4.98 Å². The quantitative estimate of drug-likeness (QED) is 0.813. The lowest BCUT2D eigenvalue weighted by atomic mass is 9.96. The van der Waals surface area contributed by atoms with Gasteiger partial charge in [-0.1, -0.05) is 13.8 Å². The molecule has 0 radical (unpaired) electrons. The number of pyridine rings is 1. The van der Waals surface area contributed by atoms with Crippen LogP contribution in [0.25, 0.3) is 0 Å². The van der Waals surface area contributed by atoms with Gasteiger partial charge in [-0.05, 0) is 5.92 Å². The first-order chi connectivity index (χ1) is 8.02. The maximum absolute atomic E-state index is 11.3. The number of aromatic nitrogens is 1. The second-order valence-corrected chi connectivity index (χ2v) is 4.47. The molecule has 2 heterocycles. The Morgan fingerprint density at radius 1 is 1.53 bits per heavy atom. The standard InChI is InChI=1S/C12H16N2O3/c1-6(2)11-10(13)9(12(15)16)7-5-17-4-3-8(7)14-11/h6H,3-5,13H2,1-2H3,(H,15,16). The van der Waals surface area contributed by atoms with Crippen LogP contribution in [0.15, 0.2) is 0 Å². The molecule has 1 aliphatic rings. The zero-order valence-electron chi connectivity index (χ0n) is 9.99. The molecule has 0 atom stereocenters. The number of carboxylic acids is 1. The molecule has 0 saturated carbocycles. The van der Waals surface area contributed by atoms with E-state index in [0.29, 0.717) is 24.3 Å². The number of rotatable bonds is 2. The lowest BCUT2D eigenvalue weighted by Gasteiger charge is -2.22. The van der Waals surface area contributed by atoms with Crippen molar-refractivity contribution in [3.8, 4) is 0 Å². The Morgan fingerprint density at radius 2 is 2.24 bits per heavy atom. The van der Waals surface area contributed by atoms with Gasteiger partial charge in [0.15, 0.2) is 0 Å². The second-order valence-electron chi connectivity index (χ2n) is 4.47. The number of carbonyl (C=O) groups is 1. The maximum Gasteiger partial charge on any atom is 0.338 e. The van der Waals surface area contributed by atoms with E-state index in [9.17, 15) is 9.90 Å². The molecule has 1 aromatic heterocycles. The van der Waals surface area contributed by atoms with Crippen molar-refractivity contribution in [3.05, 3.63) is 22.5 Å². The molecule has 92 valence electrons. The molecule has 0 spiro atoms. The third kappa shape index (κ3) is 1.98. The van der Waals surface area contributed by atoms with Gasteiger partial charge in [-0.2, -0.15) is 0 Å². The lowest BCUT2D eigenvalue weighted by Crippen LogP contribution is -2.20. The van der Waals surface area contributed by atoms with Crippen molar-refractivity contribution in [1.29, 1.82) is 0 Å². The Labute approximate surface area is 99.6 Å². The maximum atomic E-state index is 11.3. The third-order valence-corrected chi connectivity index (χ3v) is 2.94. The van der Waals surface area contributed by atoms with Crippen molar-refractivity contribution in [2.75, 3.05) is 12.3 Å². The number of carboxylic acid groups (broad SMARTS) is 1. The number of aromatic carboxylic acids is 1. The molecule has 1 aliphatic heterocycles. The molecule has 0 unspecified atom stereocenters. The van der Waals surface area contributed by atoms with E-state index in [-0.39, 0.29) is 23.8 Å². The zero-order valence-corrected chi connectivity index (χ0v) is 9.99. The molecule has 5 heteroatoms. The molecular weight excluding hydrogens is 220 g/mol. The topological polar surface area (TPSA) is 85.4 Å². The minimum atomic E-state index is -1.01. The van der Waals surface area contributed by atoms with Crippen LogP contribution in [0.3, 0.4) is 0 Å². The van der Waals surface area contributed by atoms with Crippen molar-refractivity contribution in [3.63, 3.8) is 0 Å². The van der Waals surface area contributed by atoms with Crippen LogP contribution in [0, 0.1) is 0 Å². The number of ether oxygens (including phenoxy) is 1. The van der Waals surface area contributed by atoms with Crippen molar-refractivity contribution >= 4 is 11.7 Å². The van der Waals surface area contributed by atoms with Crippen LogP contribution in [-0.4, -0.2) is 22.7 Å². The minimum Gasteiger partial charge on any atom is -0.478 e. The van der Waals surface area contributed by atoms with Crippen LogP contribution in [0.5, 0.6) is 0 Å². The first-order valence-electron chi connectivity index (χ1n) is 5.64. The Bertz CT molecular complexity index is 469. The van der Waals surface area contributed by atoms with Gasteiger partial charge in [0.25, 0.3) is 0 Å². The number of nitrogen functional groups attached to an aromatic ring is 1. The van der Waals surface area contributed by atoms with Gasteiger partial charge in [0.2, 0.25) is 0 Å². The van der Waals surface area contributed by atoms with E-state index in [4.69, 9.17) is 10.5 Å². The van der Waals surface area contributed by atoms with E-state index in [1.165, 1.54) is 0 Å². The highest BCUT2D eigenvalue weighted by atomic mass is 16.5. The average Bonchev–Trinajstić information content (AvgIpc) is 2.27. The Hall–Kier alpha value is -1.62. The van der Waals surface area contributed by atoms with Gasteiger partial charge >= 0.3 is 5.97 Å². The van der Waals surface area contributed by atoms with E-state index in [1.807, 2.05) is 13.8 Å². The van der Waals surface area contributed by atoms with E-state index < -0.39 is 5.97 Å². The Morgan fingerprint density at radius 3 is 2.82 bits per heavy atom. The van der Waals surface area contributed by atoms with E-state index in [2.05, 4.69) is 4.98 Å². The molecule has 17 heavy (non-hydrogen) atoms. The Balaban J connectivity index is 2.69. The summed E-state index contributed by atoms with van der Waals surface area (Å²) in [4.78, 5) is 15.8.